The molecule has 0 heterocycles. The number of nitrogens with zero attached hydrogens (tertiary/aromatic N) is 2. The van der Waals surface area contributed by atoms with Crippen LogP contribution in [0.25, 0.3) is 0 Å². The highest BCUT2D eigenvalue weighted by Gasteiger charge is 2.16. The lowest BCUT2D eigenvalue weighted by Gasteiger charge is -2.21. The van der Waals surface area contributed by atoms with Gasteiger partial charge in [-0.2, -0.15) is 0 Å². The third-order valence-electron chi connectivity index (χ3n) is 3.67. The number of hydrogen-bond acceptors (Lipinski definition) is 4. The van der Waals surface area contributed by atoms with Crippen LogP contribution < -0.4 is 10.2 Å². The molecule has 1 aliphatic rings. The second-order valence-electron chi connectivity index (χ2n) is 5.58. The van der Waals surface area contributed by atoms with E-state index in [1.54, 1.807) is 6.21 Å². The molecule has 1 saturated carbocycles. The maximum absolute atomic E-state index is 11.6. The summed E-state index contributed by atoms with van der Waals surface area (Å²) >= 11 is 0. The summed E-state index contributed by atoms with van der Waals surface area (Å²) in [5.41, 5.74) is 2.01. The third-order valence-corrected chi connectivity index (χ3v) is 3.67. The summed E-state index contributed by atoms with van der Waals surface area (Å²) in [4.78, 5) is 18.4. The third kappa shape index (κ3) is 5.10. The second-order valence-corrected chi connectivity index (χ2v) is 5.58. The SMILES string of the molecule is CN(C)c1ccc(/C=N/OC(=O)NC2CCCCC2)cc1. The number of rotatable bonds is 4. The number of nitrogens with one attached hydrogen (secondary N) is 1. The molecule has 5 heteroatoms. The zero-order chi connectivity index (χ0) is 15.1. The summed E-state index contributed by atoms with van der Waals surface area (Å²) in [5.74, 6) is 0. The van der Waals surface area contributed by atoms with Crippen molar-refractivity contribution < 1.29 is 9.63 Å². The van der Waals surface area contributed by atoms with Crippen LogP contribution in [0.2, 0.25) is 0 Å². The van der Waals surface area contributed by atoms with Crippen LogP contribution in [0.5, 0.6) is 0 Å². The minimum atomic E-state index is -0.469. The Hall–Kier alpha value is -2.04. The number of benzene rings is 1. The van der Waals surface area contributed by atoms with E-state index in [1.165, 1.54) is 19.3 Å². The second kappa shape index (κ2) is 7.67. The summed E-state index contributed by atoms with van der Waals surface area (Å²) in [7, 11) is 3.98. The van der Waals surface area contributed by atoms with Gasteiger partial charge in [-0.25, -0.2) is 4.79 Å². The number of carbonyl (C=O) groups is 1. The first-order valence-corrected chi connectivity index (χ1v) is 7.43. The van der Waals surface area contributed by atoms with E-state index in [4.69, 9.17) is 4.84 Å². The smallest absolute Gasteiger partial charge is 0.378 e. The Morgan fingerprint density at radius 3 is 2.52 bits per heavy atom. The molecule has 1 amide bonds. The zero-order valence-corrected chi connectivity index (χ0v) is 12.7. The van der Waals surface area contributed by atoms with E-state index in [0.717, 1.165) is 24.1 Å². The van der Waals surface area contributed by atoms with Gasteiger partial charge in [0.25, 0.3) is 0 Å². The maximum atomic E-state index is 11.6. The van der Waals surface area contributed by atoms with Gasteiger partial charge in [0.15, 0.2) is 0 Å². The van der Waals surface area contributed by atoms with Crippen LogP contribution in [0.1, 0.15) is 37.7 Å². The van der Waals surface area contributed by atoms with Gasteiger partial charge in [-0.3, -0.25) is 4.84 Å². The largest absolute Gasteiger partial charge is 0.433 e. The highest BCUT2D eigenvalue weighted by molar-refractivity contribution is 5.80. The summed E-state index contributed by atoms with van der Waals surface area (Å²) in [6.45, 7) is 0. The number of hydrogen-bond donors (Lipinski definition) is 1. The lowest BCUT2D eigenvalue weighted by Crippen LogP contribution is -2.35. The average Bonchev–Trinajstić information content (AvgIpc) is 2.49. The molecule has 21 heavy (non-hydrogen) atoms. The van der Waals surface area contributed by atoms with Gasteiger partial charge in [0.2, 0.25) is 0 Å². The predicted octanol–water partition coefficient (Wildman–Crippen LogP) is 3.15. The summed E-state index contributed by atoms with van der Waals surface area (Å²) < 4.78 is 0. The van der Waals surface area contributed by atoms with Gasteiger partial charge < -0.3 is 10.2 Å². The molecule has 1 aliphatic carbocycles. The van der Waals surface area contributed by atoms with E-state index >= 15 is 0 Å². The molecule has 114 valence electrons. The molecule has 1 N–H and O–H groups in total. The molecule has 1 fully saturated rings. The fraction of sp³-hybridized carbons (Fsp3) is 0.500. The van der Waals surface area contributed by atoms with Crippen molar-refractivity contribution in [2.24, 2.45) is 5.16 Å². The van der Waals surface area contributed by atoms with Gasteiger partial charge in [-0.1, -0.05) is 36.6 Å². The van der Waals surface area contributed by atoms with Crippen molar-refractivity contribution >= 4 is 18.0 Å². The molecule has 0 aromatic heterocycles. The number of carbonyl (C=O) groups excluding carboxylic acids is 1. The molecule has 5 nitrogen and oxygen atoms in total. The van der Waals surface area contributed by atoms with Crippen LogP contribution >= 0.6 is 0 Å². The van der Waals surface area contributed by atoms with Gasteiger partial charge in [0, 0.05) is 25.8 Å². The molecule has 2 rings (SSSR count). The van der Waals surface area contributed by atoms with Crippen molar-refractivity contribution in [1.29, 1.82) is 0 Å². The molecule has 0 radical (unpaired) electrons. The van der Waals surface area contributed by atoms with Crippen LogP contribution in [-0.4, -0.2) is 32.4 Å². The van der Waals surface area contributed by atoms with Crippen LogP contribution in [-0.2, 0) is 4.84 Å². The molecule has 0 aliphatic heterocycles. The van der Waals surface area contributed by atoms with Crippen molar-refractivity contribution in [2.75, 3.05) is 19.0 Å². The molecule has 0 unspecified atom stereocenters. The maximum Gasteiger partial charge on any atom is 0.433 e. The Balaban J connectivity index is 1.77. The molecule has 1 aromatic carbocycles. The van der Waals surface area contributed by atoms with Crippen LogP contribution in [0.15, 0.2) is 29.4 Å². The van der Waals surface area contributed by atoms with Crippen molar-refractivity contribution in [3.05, 3.63) is 29.8 Å². The molecule has 1 aromatic rings. The van der Waals surface area contributed by atoms with Crippen molar-refractivity contribution in [2.45, 2.75) is 38.1 Å². The Morgan fingerprint density at radius 1 is 1.24 bits per heavy atom. The van der Waals surface area contributed by atoms with Gasteiger partial charge in [0.05, 0.1) is 6.21 Å². The van der Waals surface area contributed by atoms with E-state index in [1.807, 2.05) is 43.3 Å². The minimum absolute atomic E-state index is 0.237. The first-order valence-electron chi connectivity index (χ1n) is 7.43. The zero-order valence-electron chi connectivity index (χ0n) is 12.7. The lowest BCUT2D eigenvalue weighted by atomic mass is 9.96. The summed E-state index contributed by atoms with van der Waals surface area (Å²) in [6, 6.07) is 8.08. The first kappa shape index (κ1) is 15.4. The fourth-order valence-electron chi connectivity index (χ4n) is 2.43. The van der Waals surface area contributed by atoms with Crippen molar-refractivity contribution in [1.82, 2.24) is 5.32 Å². The highest BCUT2D eigenvalue weighted by atomic mass is 16.7. The van der Waals surface area contributed by atoms with Crippen LogP contribution in [0.3, 0.4) is 0 Å². The van der Waals surface area contributed by atoms with E-state index in [0.29, 0.717) is 0 Å². The minimum Gasteiger partial charge on any atom is -0.378 e. The first-order chi connectivity index (χ1) is 10.1. The standard InChI is InChI=1S/C16H23N3O2/c1-19(2)15-10-8-13(9-11-15)12-17-21-16(20)18-14-6-4-3-5-7-14/h8-12,14H,3-7H2,1-2H3,(H,18,20)/b17-12+. The molecular weight excluding hydrogens is 266 g/mol. The predicted molar refractivity (Wildman–Crippen MR) is 84.9 cm³/mol. The van der Waals surface area contributed by atoms with Gasteiger partial charge in [-0.05, 0) is 30.5 Å². The molecule has 0 atom stereocenters. The number of amides is 1. The van der Waals surface area contributed by atoms with E-state index in [9.17, 15) is 4.79 Å². The monoisotopic (exact) mass is 289 g/mol. The molecule has 0 saturated heterocycles. The Morgan fingerprint density at radius 2 is 1.90 bits per heavy atom. The number of anilines is 1. The summed E-state index contributed by atoms with van der Waals surface area (Å²) in [6.07, 6.45) is 6.74. The van der Waals surface area contributed by atoms with E-state index in [2.05, 4.69) is 10.5 Å². The normalized spacial score (nSPS) is 15.9. The quantitative estimate of drug-likeness (QED) is 0.526. The van der Waals surface area contributed by atoms with E-state index < -0.39 is 6.09 Å². The van der Waals surface area contributed by atoms with Crippen LogP contribution in [0.4, 0.5) is 10.5 Å². The van der Waals surface area contributed by atoms with Crippen molar-refractivity contribution in [3.63, 3.8) is 0 Å². The highest BCUT2D eigenvalue weighted by Crippen LogP contribution is 2.17. The lowest BCUT2D eigenvalue weighted by molar-refractivity contribution is 0.144. The molecule has 0 spiro atoms. The molecular formula is C16H23N3O2. The topological polar surface area (TPSA) is 53.9 Å². The van der Waals surface area contributed by atoms with Gasteiger partial charge in [0.1, 0.15) is 0 Å². The van der Waals surface area contributed by atoms with Crippen LogP contribution in [0, 0.1) is 0 Å². The number of oxime groups is 1. The van der Waals surface area contributed by atoms with Gasteiger partial charge in [-0.15, -0.1) is 0 Å². The Labute approximate surface area is 126 Å². The Bertz CT molecular complexity index is 477. The van der Waals surface area contributed by atoms with Gasteiger partial charge >= 0.3 is 6.09 Å². The average molecular weight is 289 g/mol. The summed E-state index contributed by atoms with van der Waals surface area (Å²) in [5, 5.41) is 6.58. The Kier molecular flexibility index (Phi) is 5.60. The van der Waals surface area contributed by atoms with E-state index in [-0.39, 0.29) is 6.04 Å². The molecule has 0 bridgehead atoms. The fourth-order valence-corrected chi connectivity index (χ4v) is 2.43. The van der Waals surface area contributed by atoms with Crippen molar-refractivity contribution in [3.8, 4) is 0 Å².